The van der Waals surface area contributed by atoms with Crippen molar-refractivity contribution in [1.82, 2.24) is 10.3 Å². The van der Waals surface area contributed by atoms with E-state index in [1.807, 2.05) is 44.2 Å². The number of carbonyl (C=O) groups excluding carboxylic acids is 1. The van der Waals surface area contributed by atoms with Crippen LogP contribution >= 0.6 is 11.3 Å². The van der Waals surface area contributed by atoms with Crippen LogP contribution in [0, 0.1) is 25.7 Å². The van der Waals surface area contributed by atoms with E-state index >= 15 is 0 Å². The van der Waals surface area contributed by atoms with Crippen molar-refractivity contribution in [1.29, 1.82) is 0 Å². The largest absolute Gasteiger partial charge is 0.445 e. The molecule has 0 aliphatic rings. The fourth-order valence-electron chi connectivity index (χ4n) is 1.67. The molecule has 0 bridgehead atoms. The maximum atomic E-state index is 11.5. The third-order valence-corrected chi connectivity index (χ3v) is 3.94. The molecule has 1 heterocycles. The van der Waals surface area contributed by atoms with E-state index in [-0.39, 0.29) is 6.61 Å². The second kappa shape index (κ2) is 8.20. The van der Waals surface area contributed by atoms with Crippen LogP contribution < -0.4 is 5.32 Å². The molecule has 0 aliphatic carbocycles. The Morgan fingerprint density at radius 2 is 2.09 bits per heavy atom. The highest BCUT2D eigenvalue weighted by Gasteiger charge is 2.01. The van der Waals surface area contributed by atoms with E-state index in [9.17, 15) is 4.79 Å². The summed E-state index contributed by atoms with van der Waals surface area (Å²) in [6, 6.07) is 9.57. The van der Waals surface area contributed by atoms with E-state index in [1.54, 1.807) is 11.3 Å². The Morgan fingerprint density at radius 1 is 1.32 bits per heavy atom. The van der Waals surface area contributed by atoms with Gasteiger partial charge in [-0.25, -0.2) is 9.78 Å². The van der Waals surface area contributed by atoms with Gasteiger partial charge in [-0.2, -0.15) is 0 Å². The normalized spacial score (nSPS) is 9.73. The van der Waals surface area contributed by atoms with Gasteiger partial charge in [0.2, 0.25) is 0 Å². The molecular formula is C17H18N2O2S. The van der Waals surface area contributed by atoms with Crippen molar-refractivity contribution in [3.8, 4) is 11.8 Å². The molecule has 1 N–H and O–H groups in total. The molecular weight excluding hydrogens is 296 g/mol. The molecule has 0 aliphatic heterocycles. The van der Waals surface area contributed by atoms with Crippen LogP contribution in [0.3, 0.4) is 0 Å². The van der Waals surface area contributed by atoms with E-state index in [0.29, 0.717) is 13.0 Å². The minimum absolute atomic E-state index is 0.274. The summed E-state index contributed by atoms with van der Waals surface area (Å²) in [5.41, 5.74) is 1.99. The molecule has 2 aromatic rings. The van der Waals surface area contributed by atoms with Crippen molar-refractivity contribution in [3.63, 3.8) is 0 Å². The molecule has 0 atom stereocenters. The summed E-state index contributed by atoms with van der Waals surface area (Å²) in [7, 11) is 0. The molecule has 0 radical (unpaired) electrons. The fourth-order valence-corrected chi connectivity index (χ4v) is 2.45. The average Bonchev–Trinajstić information content (AvgIpc) is 2.84. The van der Waals surface area contributed by atoms with E-state index in [2.05, 4.69) is 22.1 Å². The number of nitrogens with zero attached hydrogens (tertiary/aromatic N) is 1. The highest BCUT2D eigenvalue weighted by molar-refractivity contribution is 7.12. The van der Waals surface area contributed by atoms with Gasteiger partial charge in [0.25, 0.3) is 0 Å². The number of rotatable bonds is 4. The number of hydrogen-bond donors (Lipinski definition) is 1. The summed E-state index contributed by atoms with van der Waals surface area (Å²) in [6.07, 6.45) is 0.143. The Hall–Kier alpha value is -2.32. The molecule has 0 fully saturated rings. The number of ether oxygens (including phenoxy) is 1. The molecule has 1 amide bonds. The quantitative estimate of drug-likeness (QED) is 0.695. The lowest BCUT2D eigenvalue weighted by molar-refractivity contribution is 0.140. The third-order valence-electron chi connectivity index (χ3n) is 2.96. The second-order valence-electron chi connectivity index (χ2n) is 4.70. The van der Waals surface area contributed by atoms with Crippen LogP contribution in [0.5, 0.6) is 0 Å². The van der Waals surface area contributed by atoms with Gasteiger partial charge in [0.05, 0.1) is 5.69 Å². The average molecular weight is 314 g/mol. The topological polar surface area (TPSA) is 51.2 Å². The number of aryl methyl sites for hydroxylation is 2. The van der Waals surface area contributed by atoms with Crippen LogP contribution in [0.4, 0.5) is 4.79 Å². The van der Waals surface area contributed by atoms with E-state index in [0.717, 1.165) is 16.3 Å². The van der Waals surface area contributed by atoms with Crippen molar-refractivity contribution in [3.05, 3.63) is 51.5 Å². The van der Waals surface area contributed by atoms with Crippen LogP contribution in [0.25, 0.3) is 0 Å². The van der Waals surface area contributed by atoms with Crippen LogP contribution in [0.1, 0.15) is 27.6 Å². The molecule has 4 nitrogen and oxygen atoms in total. The molecule has 2 rings (SSSR count). The zero-order valence-electron chi connectivity index (χ0n) is 12.7. The summed E-state index contributed by atoms with van der Waals surface area (Å²) in [4.78, 5) is 17.0. The zero-order valence-corrected chi connectivity index (χ0v) is 13.5. The highest BCUT2D eigenvalue weighted by Crippen LogP contribution is 2.14. The van der Waals surface area contributed by atoms with Crippen LogP contribution in [-0.4, -0.2) is 17.6 Å². The zero-order chi connectivity index (χ0) is 15.8. The summed E-state index contributed by atoms with van der Waals surface area (Å²) in [5, 5.41) is 3.50. The summed E-state index contributed by atoms with van der Waals surface area (Å²) in [6.45, 7) is 4.74. The van der Waals surface area contributed by atoms with Gasteiger partial charge in [0, 0.05) is 17.8 Å². The molecule has 1 aromatic heterocycles. The smallest absolute Gasteiger partial charge is 0.407 e. The number of carbonyl (C=O) groups is 1. The number of hydrogen-bond acceptors (Lipinski definition) is 4. The van der Waals surface area contributed by atoms with E-state index in [4.69, 9.17) is 4.74 Å². The first-order valence-corrected chi connectivity index (χ1v) is 7.84. The Morgan fingerprint density at radius 3 is 2.77 bits per heavy atom. The van der Waals surface area contributed by atoms with Gasteiger partial charge in [0.15, 0.2) is 5.01 Å². The van der Waals surface area contributed by atoms with E-state index < -0.39 is 6.09 Å². The monoisotopic (exact) mass is 314 g/mol. The maximum absolute atomic E-state index is 11.5. The van der Waals surface area contributed by atoms with E-state index in [1.165, 1.54) is 4.88 Å². The Bertz CT molecular complexity index is 664. The summed E-state index contributed by atoms with van der Waals surface area (Å²) in [5.74, 6) is 6.00. The molecule has 5 heteroatoms. The number of aromatic nitrogens is 1. The van der Waals surface area contributed by atoms with Gasteiger partial charge >= 0.3 is 6.09 Å². The van der Waals surface area contributed by atoms with Crippen LogP contribution in [0.15, 0.2) is 30.3 Å². The maximum Gasteiger partial charge on any atom is 0.407 e. The Balaban J connectivity index is 1.65. The first-order chi connectivity index (χ1) is 10.6. The predicted octanol–water partition coefficient (Wildman–Crippen LogP) is 3.43. The van der Waals surface area contributed by atoms with Gasteiger partial charge in [-0.15, -0.1) is 11.3 Å². The molecule has 0 unspecified atom stereocenters. The van der Waals surface area contributed by atoms with Crippen molar-refractivity contribution in [2.75, 3.05) is 6.54 Å². The predicted molar refractivity (Wildman–Crippen MR) is 87.7 cm³/mol. The molecule has 1 aromatic carbocycles. The standard InChI is InChI=1S/C17H18N2O2S/c1-13-14(2)22-16(19-13)10-6-7-11-18-17(20)21-12-15-8-4-3-5-9-15/h3-5,8-9H,7,11-12H2,1-2H3,(H,18,20). The van der Waals surface area contributed by atoms with Gasteiger partial charge in [0.1, 0.15) is 6.61 Å². The lowest BCUT2D eigenvalue weighted by Crippen LogP contribution is -2.24. The Labute approximate surface area is 134 Å². The Kier molecular flexibility index (Phi) is 5.99. The van der Waals surface area contributed by atoms with Crippen LogP contribution in [-0.2, 0) is 11.3 Å². The lowest BCUT2D eigenvalue weighted by Gasteiger charge is -2.05. The van der Waals surface area contributed by atoms with Gasteiger partial charge in [-0.1, -0.05) is 36.3 Å². The molecule has 114 valence electrons. The molecule has 0 spiro atoms. The summed E-state index contributed by atoms with van der Waals surface area (Å²) >= 11 is 1.59. The minimum atomic E-state index is -0.424. The molecule has 0 saturated carbocycles. The van der Waals surface area contributed by atoms with Gasteiger partial charge in [-0.3, -0.25) is 0 Å². The van der Waals surface area contributed by atoms with Gasteiger partial charge < -0.3 is 10.1 Å². The van der Waals surface area contributed by atoms with Crippen molar-refractivity contribution >= 4 is 17.4 Å². The number of amides is 1. The number of thiazole rings is 1. The number of alkyl carbamates (subject to hydrolysis) is 1. The van der Waals surface area contributed by atoms with Gasteiger partial charge in [-0.05, 0) is 25.3 Å². The third kappa shape index (κ3) is 5.23. The minimum Gasteiger partial charge on any atom is -0.445 e. The SMILES string of the molecule is Cc1nc(C#CCCNC(=O)OCc2ccccc2)sc1C. The number of benzene rings is 1. The second-order valence-corrected chi connectivity index (χ2v) is 5.90. The van der Waals surface area contributed by atoms with Crippen LogP contribution in [0.2, 0.25) is 0 Å². The van der Waals surface area contributed by atoms with Crippen molar-refractivity contribution in [2.24, 2.45) is 0 Å². The van der Waals surface area contributed by atoms with Crippen molar-refractivity contribution < 1.29 is 9.53 Å². The lowest BCUT2D eigenvalue weighted by atomic mass is 10.2. The first-order valence-electron chi connectivity index (χ1n) is 7.02. The fraction of sp³-hybridized carbons (Fsp3) is 0.294. The molecule has 22 heavy (non-hydrogen) atoms. The first kappa shape index (κ1) is 16.1. The number of nitrogens with one attached hydrogen (secondary N) is 1. The molecule has 0 saturated heterocycles. The summed E-state index contributed by atoms with van der Waals surface area (Å²) < 4.78 is 5.10. The highest BCUT2D eigenvalue weighted by atomic mass is 32.1. The van der Waals surface area contributed by atoms with Crippen molar-refractivity contribution in [2.45, 2.75) is 26.9 Å².